The van der Waals surface area contributed by atoms with Gasteiger partial charge in [-0.25, -0.2) is 22.0 Å². The molecular weight excluding hydrogens is 416 g/mol. The van der Waals surface area contributed by atoms with Gasteiger partial charge >= 0.3 is 0 Å². The van der Waals surface area contributed by atoms with Crippen LogP contribution in [0.15, 0.2) is 63.2 Å². The fraction of sp³-hybridized carbons (Fsp3) is 0.200. The van der Waals surface area contributed by atoms with E-state index in [-0.39, 0.29) is 26.9 Å². The summed E-state index contributed by atoms with van der Waals surface area (Å²) in [5.74, 6) is -0.673. The summed E-state index contributed by atoms with van der Waals surface area (Å²) in [6.07, 6.45) is 0. The molecule has 148 valence electrons. The molecule has 9 nitrogen and oxygen atoms in total. The molecule has 0 saturated carbocycles. The zero-order chi connectivity index (χ0) is 20.5. The zero-order valence-corrected chi connectivity index (χ0v) is 16.6. The Labute approximate surface area is 158 Å². The van der Waals surface area contributed by atoms with Gasteiger partial charge in [-0.3, -0.25) is 4.55 Å². The van der Waals surface area contributed by atoms with Gasteiger partial charge in [0.15, 0.2) is 0 Å². The van der Waals surface area contributed by atoms with Gasteiger partial charge in [0.1, 0.15) is 0 Å². The number of nitrogens with zero attached hydrogens (tertiary/aromatic N) is 1. The Morgan fingerprint density at radius 3 is 2.04 bits per heavy atom. The molecule has 2 aromatic carbocycles. The molecule has 12 heteroatoms. The maximum Gasteiger partial charge on any atom is 0.266 e. The molecule has 0 aliphatic rings. The maximum atomic E-state index is 12.9. The van der Waals surface area contributed by atoms with Gasteiger partial charge in [0.05, 0.1) is 26.1 Å². The minimum Gasteiger partial charge on any atom is -0.372 e. The maximum absolute atomic E-state index is 12.9. The van der Waals surface area contributed by atoms with E-state index in [0.717, 1.165) is 18.2 Å². The highest BCUT2D eigenvalue weighted by atomic mass is 32.2. The third kappa shape index (κ3) is 5.26. The fourth-order valence-electron chi connectivity index (χ4n) is 2.30. The Morgan fingerprint density at radius 2 is 1.52 bits per heavy atom. The lowest BCUT2D eigenvalue weighted by Crippen LogP contribution is -2.27. The third-order valence-corrected chi connectivity index (χ3v) is 7.12. The van der Waals surface area contributed by atoms with Crippen LogP contribution in [0.4, 0.5) is 5.69 Å². The summed E-state index contributed by atoms with van der Waals surface area (Å²) < 4.78 is 80.1. The molecule has 3 N–H and O–H groups in total. The van der Waals surface area contributed by atoms with E-state index in [0.29, 0.717) is 0 Å². The number of anilines is 1. The van der Waals surface area contributed by atoms with Crippen LogP contribution in [0.1, 0.15) is 0 Å². The van der Waals surface area contributed by atoms with Crippen LogP contribution in [0.2, 0.25) is 0 Å². The van der Waals surface area contributed by atoms with E-state index in [9.17, 15) is 25.3 Å². The number of primary sulfonamides is 1. The normalized spacial score (nSPS) is 12.7. The quantitative estimate of drug-likeness (QED) is 0.597. The van der Waals surface area contributed by atoms with Crippen LogP contribution in [0, 0.1) is 0 Å². The highest BCUT2D eigenvalue weighted by Gasteiger charge is 2.25. The minimum atomic E-state index is -4.30. The molecule has 0 bridgehead atoms. The summed E-state index contributed by atoms with van der Waals surface area (Å²) in [5, 5.41) is 5.11. The summed E-state index contributed by atoms with van der Waals surface area (Å²) in [6.45, 7) is -0.274. The van der Waals surface area contributed by atoms with Crippen LogP contribution in [-0.2, 0) is 30.0 Å². The lowest BCUT2D eigenvalue weighted by atomic mass is 10.3. The number of sulfone groups is 1. The molecule has 0 unspecified atom stereocenters. The highest BCUT2D eigenvalue weighted by molar-refractivity contribution is 7.91. The number of hydrogen-bond acceptors (Lipinski definition) is 7. The van der Waals surface area contributed by atoms with Gasteiger partial charge in [-0.05, 0) is 30.3 Å². The van der Waals surface area contributed by atoms with Crippen LogP contribution < -0.4 is 10.0 Å². The van der Waals surface area contributed by atoms with Crippen molar-refractivity contribution in [2.45, 2.75) is 14.7 Å². The first kappa shape index (κ1) is 21.3. The van der Waals surface area contributed by atoms with Crippen molar-refractivity contribution >= 4 is 35.7 Å². The van der Waals surface area contributed by atoms with E-state index in [1.54, 1.807) is 6.07 Å². The van der Waals surface area contributed by atoms with Crippen molar-refractivity contribution in [3.63, 3.8) is 0 Å². The number of benzene rings is 2. The second-order valence-electron chi connectivity index (χ2n) is 5.70. The van der Waals surface area contributed by atoms with Gasteiger partial charge in [-0.15, -0.1) is 0 Å². The fourth-order valence-corrected chi connectivity index (χ4v) is 4.84. The van der Waals surface area contributed by atoms with E-state index in [1.165, 1.54) is 36.2 Å². The molecule has 2 rings (SSSR count). The van der Waals surface area contributed by atoms with E-state index < -0.39 is 35.7 Å². The summed E-state index contributed by atoms with van der Waals surface area (Å²) >= 11 is 0. The molecule has 0 aromatic heterocycles. The highest BCUT2D eigenvalue weighted by Crippen LogP contribution is 2.31. The van der Waals surface area contributed by atoms with Crippen LogP contribution in [-0.4, -0.2) is 49.2 Å². The van der Waals surface area contributed by atoms with Crippen molar-refractivity contribution in [2.75, 3.05) is 24.2 Å². The molecule has 27 heavy (non-hydrogen) atoms. The minimum absolute atomic E-state index is 0.0159. The molecule has 2 aromatic rings. The van der Waals surface area contributed by atoms with Crippen molar-refractivity contribution < 1.29 is 29.8 Å². The molecule has 0 amide bonds. The molecule has 0 aliphatic carbocycles. The zero-order valence-electron chi connectivity index (χ0n) is 14.2. The Kier molecular flexibility index (Phi) is 5.97. The largest absolute Gasteiger partial charge is 0.372 e. The molecule has 0 fully saturated rings. The summed E-state index contributed by atoms with van der Waals surface area (Å²) in [6, 6.07) is 10.7. The molecule has 0 radical (unpaired) electrons. The Hall–Kier alpha value is -1.99. The lowest BCUT2D eigenvalue weighted by Gasteiger charge is -2.22. The van der Waals surface area contributed by atoms with E-state index >= 15 is 0 Å². The lowest BCUT2D eigenvalue weighted by molar-refractivity contribution is 0.483. The summed E-state index contributed by atoms with van der Waals surface area (Å²) in [5.41, 5.74) is -0.0611. The average Bonchev–Trinajstić information content (AvgIpc) is 2.58. The summed E-state index contributed by atoms with van der Waals surface area (Å²) in [7, 11) is -11.1. The van der Waals surface area contributed by atoms with Crippen LogP contribution in [0.3, 0.4) is 0 Å². The first-order chi connectivity index (χ1) is 12.3. The van der Waals surface area contributed by atoms with E-state index in [1.807, 2.05) is 0 Å². The van der Waals surface area contributed by atoms with Crippen LogP contribution in [0.25, 0.3) is 0 Å². The monoisotopic (exact) mass is 434 g/mol. The van der Waals surface area contributed by atoms with Gasteiger partial charge in [0.2, 0.25) is 19.9 Å². The van der Waals surface area contributed by atoms with Crippen molar-refractivity contribution in [2.24, 2.45) is 5.14 Å². The van der Waals surface area contributed by atoms with Crippen molar-refractivity contribution in [3.05, 3.63) is 48.5 Å². The third-order valence-electron chi connectivity index (χ3n) is 3.70. The molecule has 0 atom stereocenters. The van der Waals surface area contributed by atoms with Gasteiger partial charge in [-0.1, -0.05) is 18.2 Å². The van der Waals surface area contributed by atoms with Gasteiger partial charge in [-0.2, -0.15) is 8.42 Å². The number of hydrogen-bond donors (Lipinski definition) is 2. The van der Waals surface area contributed by atoms with Gasteiger partial charge in [0.25, 0.3) is 10.1 Å². The van der Waals surface area contributed by atoms with Gasteiger partial charge in [0, 0.05) is 13.6 Å². The Bertz CT molecular complexity index is 1140. The van der Waals surface area contributed by atoms with Crippen LogP contribution in [0.5, 0.6) is 0 Å². The molecule has 0 aliphatic heterocycles. The molecule has 0 spiro atoms. The SMILES string of the molecule is CN(CCS(=O)(=O)O)c1cc(S(N)(=O)=O)ccc1S(=O)(=O)c1ccccc1. The van der Waals surface area contributed by atoms with E-state index in [2.05, 4.69) is 0 Å². The van der Waals surface area contributed by atoms with Crippen molar-refractivity contribution in [3.8, 4) is 0 Å². The van der Waals surface area contributed by atoms with Gasteiger partial charge < -0.3 is 4.90 Å². The molecular formula is C15H18N2O7S3. The Balaban J connectivity index is 2.64. The predicted molar refractivity (Wildman–Crippen MR) is 99.4 cm³/mol. The van der Waals surface area contributed by atoms with E-state index in [4.69, 9.17) is 9.69 Å². The standard InChI is InChI=1S/C15H18N2O7S3/c1-17(9-10-25(18,19)20)14-11-13(27(16,23)24)7-8-15(14)26(21,22)12-5-3-2-4-6-12/h2-8,11H,9-10H2,1H3,(H2,16,23,24)(H,18,19,20). The second-order valence-corrected chi connectivity index (χ2v) is 10.8. The second kappa shape index (κ2) is 7.56. The molecule has 0 saturated heterocycles. The average molecular weight is 435 g/mol. The number of nitrogens with two attached hydrogens (primary N) is 1. The first-order valence-electron chi connectivity index (χ1n) is 7.46. The first-order valence-corrected chi connectivity index (χ1v) is 12.1. The molecule has 0 heterocycles. The summed E-state index contributed by atoms with van der Waals surface area (Å²) in [4.78, 5) is 0.651. The number of sulfonamides is 1. The Morgan fingerprint density at radius 1 is 0.926 bits per heavy atom. The van der Waals surface area contributed by atoms with Crippen LogP contribution >= 0.6 is 0 Å². The smallest absolute Gasteiger partial charge is 0.266 e. The topological polar surface area (TPSA) is 152 Å². The predicted octanol–water partition coefficient (Wildman–Crippen LogP) is 0.491. The number of rotatable bonds is 7. The van der Waals surface area contributed by atoms with Crippen molar-refractivity contribution in [1.82, 2.24) is 0 Å². The van der Waals surface area contributed by atoms with Crippen molar-refractivity contribution in [1.29, 1.82) is 0 Å².